The van der Waals surface area contributed by atoms with Crippen molar-refractivity contribution in [1.82, 2.24) is 4.98 Å². The average molecular weight is 573 g/mol. The normalized spacial score (nSPS) is 10.8. The van der Waals surface area contributed by atoms with Gasteiger partial charge in [0, 0.05) is 19.3 Å². The summed E-state index contributed by atoms with van der Waals surface area (Å²) >= 11 is 0. The van der Waals surface area contributed by atoms with Gasteiger partial charge in [0.2, 0.25) is 0 Å². The molecule has 222 valence electrons. The molecule has 8 nitrogen and oxygen atoms in total. The molecule has 0 spiro atoms. The quantitative estimate of drug-likeness (QED) is 0.133. The summed E-state index contributed by atoms with van der Waals surface area (Å²) in [5, 5.41) is 0. The summed E-state index contributed by atoms with van der Waals surface area (Å²) in [6, 6.07) is 28.1. The van der Waals surface area contributed by atoms with E-state index in [1.165, 1.54) is 0 Å². The predicted octanol–water partition coefficient (Wildman–Crippen LogP) is 6.06. The Hall–Kier alpha value is -4.11. The molecule has 0 radical (unpaired) electrons. The van der Waals surface area contributed by atoms with Gasteiger partial charge in [-0.3, -0.25) is 0 Å². The monoisotopic (exact) mass is 572 g/mol. The summed E-state index contributed by atoms with van der Waals surface area (Å²) in [4.78, 5) is 7.00. The van der Waals surface area contributed by atoms with Crippen LogP contribution in [0.5, 0.6) is 17.2 Å². The third-order valence-corrected chi connectivity index (χ3v) is 6.56. The van der Waals surface area contributed by atoms with Crippen LogP contribution >= 0.6 is 0 Å². The molecule has 8 heteroatoms. The molecule has 42 heavy (non-hydrogen) atoms. The minimum absolute atomic E-state index is 0.467. The molecule has 0 saturated heterocycles. The Balaban J connectivity index is 1.22. The van der Waals surface area contributed by atoms with E-state index in [1.807, 2.05) is 60.8 Å². The zero-order chi connectivity index (χ0) is 29.4. The lowest BCUT2D eigenvalue weighted by Crippen LogP contribution is -2.23. The maximum Gasteiger partial charge on any atom is 0.129 e. The summed E-state index contributed by atoms with van der Waals surface area (Å²) in [7, 11) is 5.02. The highest BCUT2D eigenvalue weighted by atomic mass is 16.5. The van der Waals surface area contributed by atoms with Gasteiger partial charge in [-0.05, 0) is 64.7 Å². The van der Waals surface area contributed by atoms with Gasteiger partial charge in [0.1, 0.15) is 23.1 Å². The molecule has 3 aromatic carbocycles. The van der Waals surface area contributed by atoms with Crippen LogP contribution in [-0.4, -0.2) is 52.7 Å². The number of benzene rings is 3. The number of ether oxygens (including phenoxy) is 6. The summed E-state index contributed by atoms with van der Waals surface area (Å²) in [5.41, 5.74) is 4.35. The van der Waals surface area contributed by atoms with E-state index in [9.17, 15) is 0 Å². The Labute approximate surface area is 248 Å². The van der Waals surface area contributed by atoms with Crippen LogP contribution in [0.4, 0.5) is 5.82 Å². The molecule has 0 amide bonds. The highest BCUT2D eigenvalue weighted by Gasteiger charge is 2.12. The van der Waals surface area contributed by atoms with Crippen molar-refractivity contribution in [2.24, 2.45) is 0 Å². The topological polar surface area (TPSA) is 71.5 Å². The van der Waals surface area contributed by atoms with E-state index >= 15 is 0 Å². The number of rotatable bonds is 18. The fraction of sp³-hybridized carbons (Fsp3) is 0.324. The van der Waals surface area contributed by atoms with Gasteiger partial charge >= 0.3 is 0 Å². The van der Waals surface area contributed by atoms with E-state index in [-0.39, 0.29) is 0 Å². The predicted molar refractivity (Wildman–Crippen MR) is 163 cm³/mol. The summed E-state index contributed by atoms with van der Waals surface area (Å²) in [5.74, 6) is 3.37. The maximum atomic E-state index is 5.80. The standard InChI is InChI=1S/C34H40N2O6/c1-37-31-10-4-7-27(19-31)23-36(24-28-8-5-11-32(20-28)38-2)34-14-13-30(22-35-34)26-42-18-16-40-15-17-41-25-29-9-6-12-33(21-29)39-3/h4-14,19-22H,15-18,23-26H2,1-3H3. The fourth-order valence-electron chi connectivity index (χ4n) is 4.37. The van der Waals surface area contributed by atoms with Crippen LogP contribution in [0.15, 0.2) is 91.1 Å². The van der Waals surface area contributed by atoms with Crippen molar-refractivity contribution in [2.75, 3.05) is 52.7 Å². The molecule has 0 N–H and O–H groups in total. The summed E-state index contributed by atoms with van der Waals surface area (Å²) in [6.07, 6.45) is 1.87. The van der Waals surface area contributed by atoms with Crippen LogP contribution in [0.3, 0.4) is 0 Å². The van der Waals surface area contributed by atoms with E-state index in [4.69, 9.17) is 33.4 Å². The van der Waals surface area contributed by atoms with Gasteiger partial charge in [-0.2, -0.15) is 0 Å². The third kappa shape index (κ3) is 10.1. The Bertz CT molecular complexity index is 1300. The lowest BCUT2D eigenvalue weighted by atomic mass is 10.1. The fourth-order valence-corrected chi connectivity index (χ4v) is 4.37. The molecule has 0 fully saturated rings. The van der Waals surface area contributed by atoms with Crippen LogP contribution in [0, 0.1) is 0 Å². The highest BCUT2D eigenvalue weighted by Crippen LogP contribution is 2.23. The van der Waals surface area contributed by atoms with E-state index in [0.717, 1.165) is 45.3 Å². The minimum Gasteiger partial charge on any atom is -0.497 e. The minimum atomic E-state index is 0.467. The molecule has 0 saturated carbocycles. The van der Waals surface area contributed by atoms with Gasteiger partial charge in [-0.1, -0.05) is 42.5 Å². The first kappa shape index (κ1) is 30.8. The molecule has 1 aromatic heterocycles. The highest BCUT2D eigenvalue weighted by molar-refractivity contribution is 5.43. The maximum absolute atomic E-state index is 5.80. The molecule has 1 heterocycles. The molecule has 0 aliphatic carbocycles. The van der Waals surface area contributed by atoms with Crippen molar-refractivity contribution in [3.63, 3.8) is 0 Å². The Morgan fingerprint density at radius 2 is 1.00 bits per heavy atom. The second kappa shape index (κ2) is 17.0. The molecule has 0 aliphatic heterocycles. The molecule has 0 unspecified atom stereocenters. The zero-order valence-electron chi connectivity index (χ0n) is 24.7. The largest absolute Gasteiger partial charge is 0.497 e. The van der Waals surface area contributed by atoms with Crippen LogP contribution in [0.1, 0.15) is 22.3 Å². The lowest BCUT2D eigenvalue weighted by molar-refractivity contribution is 0.00698. The van der Waals surface area contributed by atoms with Crippen molar-refractivity contribution in [1.29, 1.82) is 0 Å². The molecular weight excluding hydrogens is 532 g/mol. The number of methoxy groups -OCH3 is 3. The third-order valence-electron chi connectivity index (χ3n) is 6.56. The second-order valence-electron chi connectivity index (χ2n) is 9.65. The SMILES string of the molecule is COc1cccc(COCCOCCOCc2ccc(N(Cc3cccc(OC)c3)Cc3cccc(OC)c3)nc2)c1. The van der Waals surface area contributed by atoms with Gasteiger partial charge in [-0.25, -0.2) is 4.98 Å². The lowest BCUT2D eigenvalue weighted by Gasteiger charge is -2.25. The van der Waals surface area contributed by atoms with Crippen molar-refractivity contribution >= 4 is 5.82 Å². The Kier molecular flexibility index (Phi) is 12.5. The molecule has 0 aliphatic rings. The smallest absolute Gasteiger partial charge is 0.129 e. The van der Waals surface area contributed by atoms with Crippen molar-refractivity contribution in [3.8, 4) is 17.2 Å². The molecule has 0 bridgehead atoms. The summed E-state index contributed by atoms with van der Waals surface area (Å²) < 4.78 is 33.2. The first-order valence-electron chi connectivity index (χ1n) is 14.0. The number of hydrogen-bond acceptors (Lipinski definition) is 8. The zero-order valence-corrected chi connectivity index (χ0v) is 24.7. The number of anilines is 1. The van der Waals surface area contributed by atoms with Crippen LogP contribution in [0.25, 0.3) is 0 Å². The number of hydrogen-bond donors (Lipinski definition) is 0. The van der Waals surface area contributed by atoms with E-state index < -0.39 is 0 Å². The van der Waals surface area contributed by atoms with E-state index in [0.29, 0.717) is 52.7 Å². The molecule has 4 aromatic rings. The first-order valence-corrected chi connectivity index (χ1v) is 14.0. The van der Waals surface area contributed by atoms with Crippen LogP contribution < -0.4 is 19.1 Å². The van der Waals surface area contributed by atoms with Gasteiger partial charge < -0.3 is 33.3 Å². The number of nitrogens with zero attached hydrogens (tertiary/aromatic N) is 2. The van der Waals surface area contributed by atoms with Crippen molar-refractivity contribution in [3.05, 3.63) is 113 Å². The number of aromatic nitrogens is 1. The van der Waals surface area contributed by atoms with Crippen LogP contribution in [-0.2, 0) is 40.5 Å². The van der Waals surface area contributed by atoms with E-state index in [2.05, 4.69) is 35.2 Å². The Morgan fingerprint density at radius 3 is 1.50 bits per heavy atom. The average Bonchev–Trinajstić information content (AvgIpc) is 3.04. The summed E-state index contributed by atoms with van der Waals surface area (Å²) in [6.45, 7) is 4.38. The molecular formula is C34H40N2O6. The van der Waals surface area contributed by atoms with Crippen LogP contribution in [0.2, 0.25) is 0 Å². The first-order chi connectivity index (χ1) is 20.7. The van der Waals surface area contributed by atoms with Gasteiger partial charge in [0.05, 0.1) is 61.0 Å². The Morgan fingerprint density at radius 1 is 0.524 bits per heavy atom. The van der Waals surface area contributed by atoms with Crippen molar-refractivity contribution in [2.45, 2.75) is 26.3 Å². The second-order valence-corrected chi connectivity index (χ2v) is 9.65. The molecule has 4 rings (SSSR count). The van der Waals surface area contributed by atoms with E-state index in [1.54, 1.807) is 21.3 Å². The van der Waals surface area contributed by atoms with Gasteiger partial charge in [0.15, 0.2) is 0 Å². The molecule has 0 atom stereocenters. The van der Waals surface area contributed by atoms with Crippen molar-refractivity contribution < 1.29 is 28.4 Å². The number of pyridine rings is 1. The van der Waals surface area contributed by atoms with Gasteiger partial charge in [-0.15, -0.1) is 0 Å². The van der Waals surface area contributed by atoms with Gasteiger partial charge in [0.25, 0.3) is 0 Å².